The maximum absolute atomic E-state index is 12.1. The Kier molecular flexibility index (Phi) is 6.80. The van der Waals surface area contributed by atoms with E-state index in [9.17, 15) is 19.8 Å². The molecule has 0 saturated carbocycles. The van der Waals surface area contributed by atoms with E-state index in [1.807, 2.05) is 13.8 Å². The van der Waals surface area contributed by atoms with Crippen molar-refractivity contribution < 1.29 is 19.8 Å². The molecule has 0 aliphatic rings. The number of carboxylic acid groups (broad SMARTS) is 2. The molecule has 2 unspecified atom stereocenters. The maximum Gasteiger partial charge on any atom is 0.328 e. The van der Waals surface area contributed by atoms with Gasteiger partial charge in [-0.3, -0.25) is 0 Å². The molecule has 2 rings (SSSR count). The van der Waals surface area contributed by atoms with Gasteiger partial charge in [0.05, 0.1) is 0 Å². The number of hydrogen-bond donors (Lipinski definition) is 4. The first-order chi connectivity index (χ1) is 13.2. The number of benzene rings is 2. The van der Waals surface area contributed by atoms with Gasteiger partial charge in [0.25, 0.3) is 0 Å². The first-order valence-electron chi connectivity index (χ1n) is 9.79. The number of hydrogen-bond acceptors (Lipinski definition) is 4. The SMILES string of the molecule is CCCCC(N)(C(=O)O)c1cccc2c(C(N)(CCCC)C(=O)O)cccc12. The highest BCUT2D eigenvalue weighted by Crippen LogP contribution is 2.36. The summed E-state index contributed by atoms with van der Waals surface area (Å²) in [6, 6.07) is 10.4. The van der Waals surface area contributed by atoms with Crippen molar-refractivity contribution in [3.63, 3.8) is 0 Å². The summed E-state index contributed by atoms with van der Waals surface area (Å²) in [7, 11) is 0. The van der Waals surface area contributed by atoms with Crippen LogP contribution in [-0.2, 0) is 20.7 Å². The summed E-state index contributed by atoms with van der Waals surface area (Å²) in [5.74, 6) is -2.19. The predicted octanol–water partition coefficient (Wildman–Crippen LogP) is 3.70. The minimum atomic E-state index is -1.54. The third-order valence-corrected chi connectivity index (χ3v) is 5.50. The largest absolute Gasteiger partial charge is 0.480 e. The van der Waals surface area contributed by atoms with Crippen molar-refractivity contribution in [1.82, 2.24) is 0 Å². The minimum absolute atomic E-state index is 0.296. The summed E-state index contributed by atoms with van der Waals surface area (Å²) >= 11 is 0. The molecule has 6 N–H and O–H groups in total. The third kappa shape index (κ3) is 3.88. The van der Waals surface area contributed by atoms with Gasteiger partial charge in [0.15, 0.2) is 0 Å². The Morgan fingerprint density at radius 1 is 0.786 bits per heavy atom. The van der Waals surface area contributed by atoms with Gasteiger partial charge in [0.2, 0.25) is 0 Å². The van der Waals surface area contributed by atoms with Crippen LogP contribution in [0.15, 0.2) is 36.4 Å². The van der Waals surface area contributed by atoms with E-state index >= 15 is 0 Å². The van der Waals surface area contributed by atoms with E-state index in [0.717, 1.165) is 12.8 Å². The molecular weight excluding hydrogens is 356 g/mol. The van der Waals surface area contributed by atoms with Gasteiger partial charge in [0.1, 0.15) is 11.1 Å². The monoisotopic (exact) mass is 386 g/mol. The summed E-state index contributed by atoms with van der Waals surface area (Å²) in [6.45, 7) is 3.96. The maximum atomic E-state index is 12.1. The van der Waals surface area contributed by atoms with Crippen LogP contribution in [0.4, 0.5) is 0 Å². The molecule has 2 atom stereocenters. The van der Waals surface area contributed by atoms with Crippen molar-refractivity contribution >= 4 is 22.7 Å². The van der Waals surface area contributed by atoms with Crippen molar-refractivity contribution in [2.24, 2.45) is 11.5 Å². The fraction of sp³-hybridized carbons (Fsp3) is 0.455. The average molecular weight is 386 g/mol. The molecule has 0 bridgehead atoms. The molecule has 0 fully saturated rings. The lowest BCUT2D eigenvalue weighted by molar-refractivity contribution is -0.145. The molecule has 6 nitrogen and oxygen atoms in total. The molecule has 0 amide bonds. The molecule has 0 heterocycles. The number of aliphatic carboxylic acids is 2. The van der Waals surface area contributed by atoms with E-state index in [1.165, 1.54) is 0 Å². The molecule has 152 valence electrons. The van der Waals surface area contributed by atoms with Crippen LogP contribution in [-0.4, -0.2) is 22.2 Å². The Bertz CT molecular complexity index is 795. The summed E-state index contributed by atoms with van der Waals surface area (Å²) < 4.78 is 0. The number of nitrogens with two attached hydrogens (primary N) is 2. The van der Waals surface area contributed by atoms with Crippen LogP contribution in [0, 0.1) is 0 Å². The average Bonchev–Trinajstić information content (AvgIpc) is 2.68. The van der Waals surface area contributed by atoms with Crippen molar-refractivity contribution in [3.05, 3.63) is 47.5 Å². The Morgan fingerprint density at radius 3 is 1.43 bits per heavy atom. The van der Waals surface area contributed by atoms with Gasteiger partial charge < -0.3 is 21.7 Å². The van der Waals surface area contributed by atoms with Gasteiger partial charge in [-0.1, -0.05) is 75.9 Å². The van der Waals surface area contributed by atoms with Gasteiger partial charge in [0, 0.05) is 0 Å². The predicted molar refractivity (Wildman–Crippen MR) is 110 cm³/mol. The second kappa shape index (κ2) is 8.71. The Hall–Kier alpha value is -2.44. The fourth-order valence-corrected chi connectivity index (χ4v) is 3.71. The van der Waals surface area contributed by atoms with Crippen LogP contribution >= 0.6 is 0 Å². The van der Waals surface area contributed by atoms with Crippen molar-refractivity contribution in [2.75, 3.05) is 0 Å². The van der Waals surface area contributed by atoms with Crippen LogP contribution < -0.4 is 11.5 Å². The lowest BCUT2D eigenvalue weighted by Crippen LogP contribution is -2.46. The van der Waals surface area contributed by atoms with E-state index in [-0.39, 0.29) is 0 Å². The van der Waals surface area contributed by atoms with Crippen molar-refractivity contribution in [2.45, 2.75) is 63.5 Å². The highest BCUT2D eigenvalue weighted by molar-refractivity contribution is 5.97. The van der Waals surface area contributed by atoms with Crippen LogP contribution in [0.2, 0.25) is 0 Å². The number of carboxylic acids is 2. The molecule has 0 saturated heterocycles. The highest BCUT2D eigenvalue weighted by atomic mass is 16.4. The van der Waals surface area contributed by atoms with E-state index in [1.54, 1.807) is 36.4 Å². The number of fused-ring (bicyclic) bond motifs is 1. The van der Waals surface area contributed by atoms with Crippen molar-refractivity contribution in [3.8, 4) is 0 Å². The van der Waals surface area contributed by atoms with E-state index in [0.29, 0.717) is 47.6 Å². The van der Waals surface area contributed by atoms with Gasteiger partial charge >= 0.3 is 11.9 Å². The normalized spacial score (nSPS) is 15.7. The van der Waals surface area contributed by atoms with E-state index < -0.39 is 23.0 Å². The molecular formula is C22H30N2O4. The lowest BCUT2D eigenvalue weighted by atomic mass is 9.79. The quantitative estimate of drug-likeness (QED) is 0.493. The topological polar surface area (TPSA) is 127 Å². The summed E-state index contributed by atoms with van der Waals surface area (Å²) in [5.41, 5.74) is 10.6. The molecule has 0 aliphatic carbocycles. The van der Waals surface area contributed by atoms with Gasteiger partial charge in [-0.2, -0.15) is 0 Å². The van der Waals surface area contributed by atoms with E-state index in [4.69, 9.17) is 11.5 Å². The summed E-state index contributed by atoms with van der Waals surface area (Å²) in [5, 5.41) is 21.0. The third-order valence-electron chi connectivity index (χ3n) is 5.50. The van der Waals surface area contributed by atoms with Crippen LogP contribution in [0.5, 0.6) is 0 Å². The van der Waals surface area contributed by atoms with Gasteiger partial charge in [-0.05, 0) is 34.7 Å². The number of rotatable bonds is 10. The first-order valence-corrected chi connectivity index (χ1v) is 9.79. The standard InChI is InChI=1S/C22H30N2O4/c1-3-5-13-21(23,19(25)26)17-11-7-10-16-15(17)9-8-12-18(16)22(24,20(27)28)14-6-4-2/h7-12H,3-6,13-14,23-24H2,1-2H3,(H,25,26)(H,27,28). The first kappa shape index (κ1) is 21.9. The fourth-order valence-electron chi connectivity index (χ4n) is 3.71. The Morgan fingerprint density at radius 2 is 1.14 bits per heavy atom. The summed E-state index contributed by atoms with van der Waals surface area (Å²) in [4.78, 5) is 24.1. The number of carbonyl (C=O) groups is 2. The second-order valence-electron chi connectivity index (χ2n) is 7.47. The molecule has 0 aliphatic heterocycles. The molecule has 0 radical (unpaired) electrons. The smallest absolute Gasteiger partial charge is 0.328 e. The second-order valence-corrected chi connectivity index (χ2v) is 7.47. The van der Waals surface area contributed by atoms with Gasteiger partial charge in [-0.15, -0.1) is 0 Å². The highest BCUT2D eigenvalue weighted by Gasteiger charge is 2.39. The zero-order chi connectivity index (χ0) is 20.9. The molecule has 2 aromatic carbocycles. The Balaban J connectivity index is 2.74. The molecule has 2 aromatic rings. The lowest BCUT2D eigenvalue weighted by Gasteiger charge is -2.30. The zero-order valence-electron chi connectivity index (χ0n) is 16.6. The van der Waals surface area contributed by atoms with Crippen LogP contribution in [0.25, 0.3) is 10.8 Å². The molecule has 28 heavy (non-hydrogen) atoms. The Labute approximate surface area is 165 Å². The number of unbranched alkanes of at least 4 members (excludes halogenated alkanes) is 2. The van der Waals surface area contributed by atoms with E-state index in [2.05, 4.69) is 0 Å². The minimum Gasteiger partial charge on any atom is -0.480 e. The molecule has 6 heteroatoms. The summed E-state index contributed by atoms with van der Waals surface area (Å²) in [6.07, 6.45) is 3.58. The molecule has 0 spiro atoms. The van der Waals surface area contributed by atoms with Crippen molar-refractivity contribution in [1.29, 1.82) is 0 Å². The van der Waals surface area contributed by atoms with Crippen LogP contribution in [0.1, 0.15) is 63.5 Å². The molecule has 0 aromatic heterocycles. The van der Waals surface area contributed by atoms with Gasteiger partial charge in [-0.25, -0.2) is 9.59 Å². The van der Waals surface area contributed by atoms with Crippen LogP contribution in [0.3, 0.4) is 0 Å². The zero-order valence-corrected chi connectivity index (χ0v) is 16.6.